The number of pyridine rings is 1. The van der Waals surface area contributed by atoms with E-state index in [0.717, 1.165) is 24.0 Å². The van der Waals surface area contributed by atoms with Crippen LogP contribution in [0.2, 0.25) is 5.02 Å². The molecule has 1 aliphatic rings. The van der Waals surface area contributed by atoms with Crippen LogP contribution in [0.4, 0.5) is 15.7 Å². The molecule has 0 aromatic carbocycles. The number of aryl methyl sites for hydroxylation is 1. The Hall–Kier alpha value is -1.93. The third-order valence-electron chi connectivity index (χ3n) is 3.32. The second-order valence-corrected chi connectivity index (χ2v) is 6.06. The van der Waals surface area contributed by atoms with Crippen LogP contribution in [-0.2, 0) is 0 Å². The molecule has 2 aromatic heterocycles. The molecule has 2 aromatic rings. The van der Waals surface area contributed by atoms with Gasteiger partial charge in [0.15, 0.2) is 0 Å². The second-order valence-electron chi connectivity index (χ2n) is 4.89. The van der Waals surface area contributed by atoms with Gasteiger partial charge < -0.3 is 9.80 Å². The molecule has 116 valence electrons. The molecule has 0 unspecified atom stereocenters. The number of anilines is 2. The number of aromatic nitrogens is 3. The Balaban J connectivity index is 1.54. The van der Waals surface area contributed by atoms with Gasteiger partial charge in [-0.05, 0) is 19.1 Å². The summed E-state index contributed by atoms with van der Waals surface area (Å²) in [6, 6.07) is 3.23. The lowest BCUT2D eigenvalue weighted by molar-refractivity contribution is 0.208. The van der Waals surface area contributed by atoms with Gasteiger partial charge in [-0.2, -0.15) is 4.37 Å². The number of amides is 2. The van der Waals surface area contributed by atoms with Crippen LogP contribution in [0, 0.1) is 6.92 Å². The van der Waals surface area contributed by atoms with Crippen LogP contribution in [0.1, 0.15) is 5.82 Å². The van der Waals surface area contributed by atoms with Crippen LogP contribution in [-0.4, -0.2) is 51.5 Å². The first-order valence-electron chi connectivity index (χ1n) is 6.84. The van der Waals surface area contributed by atoms with Crippen molar-refractivity contribution in [2.75, 3.05) is 36.4 Å². The lowest BCUT2D eigenvalue weighted by Crippen LogP contribution is -2.50. The molecule has 9 heteroatoms. The van der Waals surface area contributed by atoms with Gasteiger partial charge in [0.2, 0.25) is 5.13 Å². The van der Waals surface area contributed by atoms with Crippen molar-refractivity contribution in [2.45, 2.75) is 6.92 Å². The van der Waals surface area contributed by atoms with Crippen LogP contribution in [0.3, 0.4) is 0 Å². The van der Waals surface area contributed by atoms with Crippen molar-refractivity contribution >= 4 is 40.1 Å². The van der Waals surface area contributed by atoms with Gasteiger partial charge >= 0.3 is 6.03 Å². The monoisotopic (exact) mass is 338 g/mol. The molecule has 1 aliphatic heterocycles. The molecule has 3 heterocycles. The summed E-state index contributed by atoms with van der Waals surface area (Å²) in [6.45, 7) is 4.64. The Kier molecular flexibility index (Phi) is 4.39. The Morgan fingerprint density at radius 2 is 2.09 bits per heavy atom. The maximum absolute atomic E-state index is 12.2. The van der Waals surface area contributed by atoms with E-state index in [1.54, 1.807) is 17.0 Å². The molecule has 1 saturated heterocycles. The average Bonchev–Trinajstić information content (AvgIpc) is 2.96. The number of hydrogen-bond acceptors (Lipinski definition) is 6. The van der Waals surface area contributed by atoms with Crippen LogP contribution in [0.5, 0.6) is 0 Å². The minimum Gasteiger partial charge on any atom is -0.343 e. The van der Waals surface area contributed by atoms with Crippen LogP contribution in [0.15, 0.2) is 18.3 Å². The van der Waals surface area contributed by atoms with Gasteiger partial charge in [-0.1, -0.05) is 11.6 Å². The Labute approximate surface area is 137 Å². The number of halogens is 1. The lowest BCUT2D eigenvalue weighted by Gasteiger charge is -2.34. The quantitative estimate of drug-likeness (QED) is 0.909. The first-order chi connectivity index (χ1) is 10.6. The predicted molar refractivity (Wildman–Crippen MR) is 86.7 cm³/mol. The normalized spacial score (nSPS) is 15.0. The highest BCUT2D eigenvalue weighted by Gasteiger charge is 2.23. The third kappa shape index (κ3) is 3.45. The van der Waals surface area contributed by atoms with E-state index in [0.29, 0.717) is 23.9 Å². The maximum Gasteiger partial charge on any atom is 0.323 e. The molecule has 0 aliphatic carbocycles. The zero-order chi connectivity index (χ0) is 15.5. The summed E-state index contributed by atoms with van der Waals surface area (Å²) in [7, 11) is 0. The first-order valence-corrected chi connectivity index (χ1v) is 8.00. The largest absolute Gasteiger partial charge is 0.343 e. The summed E-state index contributed by atoms with van der Waals surface area (Å²) < 4.78 is 4.19. The van der Waals surface area contributed by atoms with Gasteiger partial charge in [-0.15, -0.1) is 0 Å². The molecular weight excluding hydrogens is 324 g/mol. The topological polar surface area (TPSA) is 74.2 Å². The number of rotatable bonds is 2. The highest BCUT2D eigenvalue weighted by molar-refractivity contribution is 7.09. The molecule has 22 heavy (non-hydrogen) atoms. The van der Waals surface area contributed by atoms with E-state index in [1.807, 2.05) is 6.92 Å². The fraction of sp³-hybridized carbons (Fsp3) is 0.385. The highest BCUT2D eigenvalue weighted by atomic mass is 35.5. The highest BCUT2D eigenvalue weighted by Crippen LogP contribution is 2.19. The minimum absolute atomic E-state index is 0.150. The smallest absolute Gasteiger partial charge is 0.323 e. The van der Waals surface area contributed by atoms with Crippen molar-refractivity contribution in [1.82, 2.24) is 19.2 Å². The van der Waals surface area contributed by atoms with E-state index in [4.69, 9.17) is 11.6 Å². The molecule has 1 fully saturated rings. The molecule has 3 rings (SSSR count). The molecule has 0 atom stereocenters. The zero-order valence-electron chi connectivity index (χ0n) is 12.0. The van der Waals surface area contributed by atoms with Crippen LogP contribution < -0.4 is 10.2 Å². The average molecular weight is 339 g/mol. The van der Waals surface area contributed by atoms with Crippen molar-refractivity contribution < 1.29 is 4.79 Å². The molecule has 2 amide bonds. The van der Waals surface area contributed by atoms with Gasteiger partial charge in [0.1, 0.15) is 11.6 Å². The van der Waals surface area contributed by atoms with Gasteiger partial charge in [0.05, 0.1) is 5.02 Å². The zero-order valence-corrected chi connectivity index (χ0v) is 13.6. The van der Waals surface area contributed by atoms with E-state index >= 15 is 0 Å². The van der Waals surface area contributed by atoms with Crippen molar-refractivity contribution in [3.8, 4) is 0 Å². The summed E-state index contributed by atoms with van der Waals surface area (Å²) in [4.78, 5) is 24.5. The maximum atomic E-state index is 12.2. The Morgan fingerprint density at radius 3 is 2.68 bits per heavy atom. The standard InChI is InChI=1S/C13H15ClN6OS/c1-9-16-13(22-18-9)20-6-4-19(5-7-20)12(21)17-11-3-2-10(14)8-15-11/h2-3,8H,4-7H2,1H3,(H,15,17,21). The molecule has 7 nitrogen and oxygen atoms in total. The summed E-state index contributed by atoms with van der Waals surface area (Å²) in [5.41, 5.74) is 0. The van der Waals surface area contributed by atoms with Crippen molar-refractivity contribution in [3.05, 3.63) is 29.2 Å². The van der Waals surface area contributed by atoms with E-state index in [-0.39, 0.29) is 6.03 Å². The van der Waals surface area contributed by atoms with Crippen molar-refractivity contribution in [1.29, 1.82) is 0 Å². The molecule has 0 radical (unpaired) electrons. The molecule has 0 bridgehead atoms. The predicted octanol–water partition coefficient (Wildman–Crippen LogP) is 2.25. The minimum atomic E-state index is -0.150. The number of urea groups is 1. The second kappa shape index (κ2) is 6.45. The molecule has 1 N–H and O–H groups in total. The van der Waals surface area contributed by atoms with Crippen LogP contribution in [0.25, 0.3) is 0 Å². The van der Waals surface area contributed by atoms with E-state index in [2.05, 4.69) is 24.6 Å². The van der Waals surface area contributed by atoms with Crippen LogP contribution >= 0.6 is 23.1 Å². The number of carbonyl (C=O) groups is 1. The Bertz CT molecular complexity index is 653. The number of piperazine rings is 1. The molecule has 0 saturated carbocycles. The summed E-state index contributed by atoms with van der Waals surface area (Å²) in [5.74, 6) is 1.28. The number of hydrogen-bond donors (Lipinski definition) is 1. The van der Waals surface area contributed by atoms with Crippen molar-refractivity contribution in [3.63, 3.8) is 0 Å². The SMILES string of the molecule is Cc1nsc(N2CCN(C(=O)Nc3ccc(Cl)cn3)CC2)n1. The fourth-order valence-corrected chi connectivity index (χ4v) is 2.99. The summed E-state index contributed by atoms with van der Waals surface area (Å²) in [5, 5.41) is 4.23. The van der Waals surface area contributed by atoms with E-state index in [9.17, 15) is 4.79 Å². The van der Waals surface area contributed by atoms with Gasteiger partial charge in [-0.25, -0.2) is 14.8 Å². The van der Waals surface area contributed by atoms with Gasteiger partial charge in [0, 0.05) is 43.9 Å². The Morgan fingerprint density at radius 1 is 1.32 bits per heavy atom. The van der Waals surface area contributed by atoms with Gasteiger partial charge in [0.25, 0.3) is 0 Å². The number of nitrogens with one attached hydrogen (secondary N) is 1. The molecular formula is C13H15ClN6OS. The third-order valence-corrected chi connectivity index (χ3v) is 4.41. The van der Waals surface area contributed by atoms with E-state index < -0.39 is 0 Å². The first kappa shape index (κ1) is 15.0. The van der Waals surface area contributed by atoms with Crippen molar-refractivity contribution in [2.24, 2.45) is 0 Å². The summed E-state index contributed by atoms with van der Waals surface area (Å²) in [6.07, 6.45) is 1.51. The molecule has 0 spiro atoms. The number of nitrogens with zero attached hydrogens (tertiary/aromatic N) is 5. The fourth-order valence-electron chi connectivity index (χ4n) is 2.15. The lowest BCUT2D eigenvalue weighted by atomic mass is 10.3. The summed E-state index contributed by atoms with van der Waals surface area (Å²) >= 11 is 7.16. The van der Waals surface area contributed by atoms with E-state index in [1.165, 1.54) is 17.7 Å². The number of carbonyl (C=O) groups excluding carboxylic acids is 1. The van der Waals surface area contributed by atoms with Gasteiger partial charge in [-0.3, -0.25) is 5.32 Å².